The smallest absolute Gasteiger partial charge is 0.335 e. The summed E-state index contributed by atoms with van der Waals surface area (Å²) in [4.78, 5) is 21.9. The van der Waals surface area contributed by atoms with Crippen LogP contribution in [0.2, 0.25) is 0 Å². The van der Waals surface area contributed by atoms with Crippen molar-refractivity contribution < 1.29 is 14.7 Å². The van der Waals surface area contributed by atoms with Gasteiger partial charge in [-0.1, -0.05) is 22.0 Å². The van der Waals surface area contributed by atoms with Crippen LogP contribution in [0.4, 0.5) is 0 Å². The molecule has 0 aliphatic heterocycles. The van der Waals surface area contributed by atoms with Crippen molar-refractivity contribution in [1.29, 1.82) is 0 Å². The first-order chi connectivity index (χ1) is 7.04. The Morgan fingerprint density at radius 2 is 2.07 bits per heavy atom. The zero-order valence-electron chi connectivity index (χ0n) is 8.29. The lowest BCUT2D eigenvalue weighted by Crippen LogP contribution is -2.06. The largest absolute Gasteiger partial charge is 0.478 e. The summed E-state index contributed by atoms with van der Waals surface area (Å²) in [5.74, 6) is -0.863. The Kier molecular flexibility index (Phi) is 4.03. The van der Waals surface area contributed by atoms with Crippen LogP contribution in [-0.4, -0.2) is 22.2 Å². The van der Waals surface area contributed by atoms with Crippen molar-refractivity contribution in [2.45, 2.75) is 13.3 Å². The lowest BCUT2D eigenvalue weighted by molar-refractivity contribution is -0.115. The van der Waals surface area contributed by atoms with Gasteiger partial charge in [-0.15, -0.1) is 0 Å². The van der Waals surface area contributed by atoms with E-state index in [0.29, 0.717) is 11.8 Å². The molecule has 0 atom stereocenters. The van der Waals surface area contributed by atoms with Crippen molar-refractivity contribution in [2.24, 2.45) is 0 Å². The molecular weight excluding hydrogens is 260 g/mol. The quantitative estimate of drug-likeness (QED) is 0.854. The van der Waals surface area contributed by atoms with Gasteiger partial charge in [0.2, 0.25) is 0 Å². The van der Waals surface area contributed by atoms with Gasteiger partial charge in [-0.2, -0.15) is 0 Å². The number of benzene rings is 1. The number of carboxylic acid groups (broad SMARTS) is 1. The minimum Gasteiger partial charge on any atom is -0.478 e. The number of alkyl halides is 1. The van der Waals surface area contributed by atoms with Crippen molar-refractivity contribution in [1.82, 2.24) is 0 Å². The number of carboxylic acids is 1. The lowest BCUT2D eigenvalue weighted by Gasteiger charge is -2.04. The first-order valence-electron chi connectivity index (χ1n) is 4.45. The average Bonchev–Trinajstić information content (AvgIpc) is 2.20. The van der Waals surface area contributed by atoms with E-state index in [0.717, 1.165) is 11.1 Å². The third kappa shape index (κ3) is 3.16. The normalized spacial score (nSPS) is 10.0. The number of Topliss-reactive ketones (excluding diaryl/α,β-unsaturated/α-hetero) is 1. The molecule has 0 saturated heterocycles. The number of aryl methyl sites for hydroxylation is 1. The minimum atomic E-state index is -0.948. The molecule has 4 heteroatoms. The second-order valence-electron chi connectivity index (χ2n) is 3.30. The standard InChI is InChI=1S/C11H11BrO3/c1-7-4-9(11(14)15)3-2-8(7)5-10(13)6-12/h2-4H,5-6H2,1H3,(H,14,15). The minimum absolute atomic E-state index is 0.0844. The highest BCUT2D eigenvalue weighted by atomic mass is 79.9. The second-order valence-corrected chi connectivity index (χ2v) is 3.86. The number of halogens is 1. The number of carbonyl (C=O) groups is 2. The summed E-state index contributed by atoms with van der Waals surface area (Å²) in [6, 6.07) is 4.80. The number of hydrogen-bond acceptors (Lipinski definition) is 2. The van der Waals surface area contributed by atoms with Gasteiger partial charge in [0, 0.05) is 6.42 Å². The fourth-order valence-electron chi connectivity index (χ4n) is 1.29. The van der Waals surface area contributed by atoms with E-state index >= 15 is 0 Å². The molecule has 15 heavy (non-hydrogen) atoms. The van der Waals surface area contributed by atoms with Gasteiger partial charge in [0.15, 0.2) is 0 Å². The highest BCUT2D eigenvalue weighted by Crippen LogP contribution is 2.12. The van der Waals surface area contributed by atoms with Crippen LogP contribution in [-0.2, 0) is 11.2 Å². The highest BCUT2D eigenvalue weighted by molar-refractivity contribution is 9.09. The fourth-order valence-corrected chi connectivity index (χ4v) is 1.49. The summed E-state index contributed by atoms with van der Waals surface area (Å²) >= 11 is 3.09. The van der Waals surface area contributed by atoms with E-state index < -0.39 is 5.97 Å². The molecule has 1 rings (SSSR count). The summed E-state index contributed by atoms with van der Waals surface area (Å²) in [5.41, 5.74) is 1.97. The molecule has 0 spiro atoms. The SMILES string of the molecule is Cc1cc(C(=O)O)ccc1CC(=O)CBr. The van der Waals surface area contributed by atoms with Gasteiger partial charge >= 0.3 is 5.97 Å². The molecule has 1 aromatic carbocycles. The maximum absolute atomic E-state index is 11.2. The first-order valence-corrected chi connectivity index (χ1v) is 5.57. The van der Waals surface area contributed by atoms with Crippen LogP contribution in [0.1, 0.15) is 21.5 Å². The van der Waals surface area contributed by atoms with Gasteiger partial charge in [-0.05, 0) is 30.2 Å². The zero-order valence-corrected chi connectivity index (χ0v) is 9.87. The van der Waals surface area contributed by atoms with Crippen LogP contribution >= 0.6 is 15.9 Å². The number of hydrogen-bond donors (Lipinski definition) is 1. The van der Waals surface area contributed by atoms with Crippen LogP contribution in [0.25, 0.3) is 0 Å². The Morgan fingerprint density at radius 3 is 2.53 bits per heavy atom. The second kappa shape index (κ2) is 5.07. The molecule has 0 radical (unpaired) electrons. The molecule has 0 heterocycles. The van der Waals surface area contributed by atoms with Gasteiger partial charge in [0.1, 0.15) is 5.78 Å². The number of aromatic carboxylic acids is 1. The Hall–Kier alpha value is -1.16. The van der Waals surface area contributed by atoms with E-state index in [1.807, 2.05) is 6.92 Å². The van der Waals surface area contributed by atoms with Crippen LogP contribution in [0.5, 0.6) is 0 Å². The Balaban J connectivity index is 2.93. The number of ketones is 1. The topological polar surface area (TPSA) is 54.4 Å². The predicted molar refractivity (Wildman–Crippen MR) is 60.6 cm³/mol. The predicted octanol–water partition coefficient (Wildman–Crippen LogP) is 2.20. The van der Waals surface area contributed by atoms with Crippen LogP contribution < -0.4 is 0 Å². The third-order valence-corrected chi connectivity index (χ3v) is 2.75. The third-order valence-electron chi connectivity index (χ3n) is 2.13. The zero-order chi connectivity index (χ0) is 11.4. The van der Waals surface area contributed by atoms with Crippen molar-refractivity contribution in [3.8, 4) is 0 Å². The molecule has 0 aliphatic carbocycles. The van der Waals surface area contributed by atoms with E-state index in [-0.39, 0.29) is 11.3 Å². The molecule has 0 amide bonds. The summed E-state index contributed by atoms with van der Waals surface area (Å²) in [6.07, 6.45) is 0.344. The molecule has 0 fully saturated rings. The highest BCUT2D eigenvalue weighted by Gasteiger charge is 2.08. The van der Waals surface area contributed by atoms with Gasteiger partial charge in [0.05, 0.1) is 10.9 Å². The molecular formula is C11H11BrO3. The van der Waals surface area contributed by atoms with Crippen molar-refractivity contribution >= 4 is 27.7 Å². The maximum atomic E-state index is 11.2. The molecule has 80 valence electrons. The summed E-state index contributed by atoms with van der Waals surface area (Å²) in [6.45, 7) is 1.81. The van der Waals surface area contributed by atoms with E-state index in [4.69, 9.17) is 5.11 Å². The van der Waals surface area contributed by atoms with Crippen molar-refractivity contribution in [3.05, 3.63) is 34.9 Å². The number of rotatable bonds is 4. The molecule has 0 bridgehead atoms. The van der Waals surface area contributed by atoms with Crippen LogP contribution in [0.3, 0.4) is 0 Å². The molecule has 1 aromatic rings. The van der Waals surface area contributed by atoms with Gasteiger partial charge in [0.25, 0.3) is 0 Å². The fraction of sp³-hybridized carbons (Fsp3) is 0.273. The summed E-state index contributed by atoms with van der Waals surface area (Å²) < 4.78 is 0. The van der Waals surface area contributed by atoms with E-state index in [1.165, 1.54) is 6.07 Å². The first kappa shape index (κ1) is 11.9. The van der Waals surface area contributed by atoms with Crippen LogP contribution in [0.15, 0.2) is 18.2 Å². The van der Waals surface area contributed by atoms with Crippen molar-refractivity contribution in [3.63, 3.8) is 0 Å². The molecule has 0 unspecified atom stereocenters. The Labute approximate surface area is 96.2 Å². The molecule has 1 N–H and O–H groups in total. The van der Waals surface area contributed by atoms with Crippen LogP contribution in [0, 0.1) is 6.92 Å². The van der Waals surface area contributed by atoms with Crippen molar-refractivity contribution in [2.75, 3.05) is 5.33 Å². The van der Waals surface area contributed by atoms with Gasteiger partial charge < -0.3 is 5.11 Å². The van der Waals surface area contributed by atoms with Gasteiger partial charge in [-0.3, -0.25) is 4.79 Å². The Bertz CT molecular complexity index is 399. The maximum Gasteiger partial charge on any atom is 0.335 e. The molecule has 0 saturated carbocycles. The van der Waals surface area contributed by atoms with E-state index in [2.05, 4.69) is 15.9 Å². The molecule has 3 nitrogen and oxygen atoms in total. The van der Waals surface area contributed by atoms with Gasteiger partial charge in [-0.25, -0.2) is 4.79 Å². The van der Waals surface area contributed by atoms with E-state index in [9.17, 15) is 9.59 Å². The molecule has 0 aromatic heterocycles. The average molecular weight is 271 g/mol. The lowest BCUT2D eigenvalue weighted by atomic mass is 10.0. The summed E-state index contributed by atoms with van der Waals surface area (Å²) in [7, 11) is 0. The number of carbonyl (C=O) groups excluding carboxylic acids is 1. The van der Waals surface area contributed by atoms with E-state index in [1.54, 1.807) is 12.1 Å². The Morgan fingerprint density at radius 1 is 1.40 bits per heavy atom. The molecule has 0 aliphatic rings. The summed E-state index contributed by atoms with van der Waals surface area (Å²) in [5, 5.41) is 9.08. The monoisotopic (exact) mass is 270 g/mol.